The van der Waals surface area contributed by atoms with E-state index >= 15 is 0 Å². The standard InChI is InChI=1S/C43H48N4O4S/c1-4-11-39-45-41-30(3)22-34(24-38(41)47(39)26-32-17-19-33(20-18-32)36-15-8-9-16-37(36)43(50)51)42(49)44-35(23-31-13-6-5-7-14-31)28-52-40(48)27-46-21-10-12-29(2)25-46/h5-9,13-20,22,24,29,35H,4,10-12,21,23,25-28H2,1-3H3,(H,44,49)(H,50,51)/t29?,35-/m1/s1. The van der Waals surface area contributed by atoms with Gasteiger partial charge in [0, 0.05) is 36.9 Å². The largest absolute Gasteiger partial charge is 0.478 e. The average Bonchev–Trinajstić information content (AvgIpc) is 3.48. The van der Waals surface area contributed by atoms with Gasteiger partial charge in [-0.15, -0.1) is 0 Å². The number of imidazole rings is 1. The molecule has 0 spiro atoms. The lowest BCUT2D eigenvalue weighted by atomic mass is 9.98. The molecule has 2 heterocycles. The monoisotopic (exact) mass is 716 g/mol. The second kappa shape index (κ2) is 17.2. The van der Waals surface area contributed by atoms with E-state index in [4.69, 9.17) is 4.98 Å². The number of aryl methyl sites for hydroxylation is 2. The number of hydrogen-bond acceptors (Lipinski definition) is 6. The minimum atomic E-state index is -0.954. The number of benzene rings is 4. The summed E-state index contributed by atoms with van der Waals surface area (Å²) in [6.07, 6.45) is 4.69. The van der Waals surface area contributed by atoms with Crippen LogP contribution >= 0.6 is 11.8 Å². The smallest absolute Gasteiger partial charge is 0.336 e. The number of carbonyl (C=O) groups excluding carboxylic acids is 2. The van der Waals surface area contributed by atoms with Crippen molar-refractivity contribution in [1.82, 2.24) is 19.8 Å². The number of thioether (sulfide) groups is 1. The first-order valence-electron chi connectivity index (χ1n) is 18.3. The summed E-state index contributed by atoms with van der Waals surface area (Å²) in [6, 6.07) is 28.7. The van der Waals surface area contributed by atoms with Crippen LogP contribution < -0.4 is 5.32 Å². The number of piperidine rings is 1. The van der Waals surface area contributed by atoms with Gasteiger partial charge in [-0.25, -0.2) is 9.78 Å². The van der Waals surface area contributed by atoms with Gasteiger partial charge in [0.25, 0.3) is 5.91 Å². The van der Waals surface area contributed by atoms with Gasteiger partial charge < -0.3 is 15.0 Å². The molecule has 270 valence electrons. The number of nitrogens with zero attached hydrogens (tertiary/aromatic N) is 3. The Morgan fingerprint density at radius 3 is 2.46 bits per heavy atom. The number of carbonyl (C=O) groups is 3. The van der Waals surface area contributed by atoms with E-state index in [0.29, 0.717) is 42.3 Å². The molecular formula is C43H48N4O4S. The molecule has 0 aliphatic carbocycles. The molecule has 1 aromatic heterocycles. The topological polar surface area (TPSA) is 105 Å². The molecule has 4 aromatic carbocycles. The van der Waals surface area contributed by atoms with Crippen LogP contribution in [0.5, 0.6) is 0 Å². The van der Waals surface area contributed by atoms with E-state index in [0.717, 1.165) is 71.5 Å². The van der Waals surface area contributed by atoms with Gasteiger partial charge in [-0.3, -0.25) is 14.5 Å². The molecule has 9 heteroatoms. The number of aromatic carboxylic acids is 1. The summed E-state index contributed by atoms with van der Waals surface area (Å²) in [4.78, 5) is 46.2. The Morgan fingerprint density at radius 2 is 1.73 bits per heavy atom. The Morgan fingerprint density at radius 1 is 0.981 bits per heavy atom. The number of rotatable bonds is 14. The van der Waals surface area contributed by atoms with Crippen LogP contribution in [-0.2, 0) is 24.2 Å². The van der Waals surface area contributed by atoms with Crippen molar-refractivity contribution in [2.75, 3.05) is 25.4 Å². The van der Waals surface area contributed by atoms with Gasteiger partial charge >= 0.3 is 5.97 Å². The quantitative estimate of drug-likeness (QED) is 0.120. The third-order valence-corrected chi connectivity index (χ3v) is 10.8. The second-order valence-corrected chi connectivity index (χ2v) is 15.2. The Bertz CT molecular complexity index is 2020. The highest BCUT2D eigenvalue weighted by Crippen LogP contribution is 2.27. The Hall–Kier alpha value is -4.73. The molecule has 2 N–H and O–H groups in total. The summed E-state index contributed by atoms with van der Waals surface area (Å²) in [7, 11) is 0. The average molecular weight is 717 g/mol. The molecule has 1 amide bonds. The van der Waals surface area contributed by atoms with Crippen LogP contribution in [-0.4, -0.2) is 68.0 Å². The van der Waals surface area contributed by atoms with Crippen molar-refractivity contribution in [1.29, 1.82) is 0 Å². The number of hydrogen-bond donors (Lipinski definition) is 2. The fraction of sp³-hybridized carbons (Fsp3) is 0.349. The third-order valence-electron chi connectivity index (χ3n) is 9.82. The zero-order chi connectivity index (χ0) is 36.6. The molecule has 1 saturated heterocycles. The van der Waals surface area contributed by atoms with E-state index in [9.17, 15) is 19.5 Å². The fourth-order valence-electron chi connectivity index (χ4n) is 7.23. The van der Waals surface area contributed by atoms with Crippen LogP contribution in [0.1, 0.15) is 76.3 Å². The molecular weight excluding hydrogens is 669 g/mol. The van der Waals surface area contributed by atoms with Gasteiger partial charge in [-0.2, -0.15) is 0 Å². The molecule has 0 saturated carbocycles. The van der Waals surface area contributed by atoms with Crippen LogP contribution in [0.4, 0.5) is 0 Å². The molecule has 0 radical (unpaired) electrons. The second-order valence-electron chi connectivity index (χ2n) is 14.1. The number of carboxylic acid groups (broad SMARTS) is 1. The summed E-state index contributed by atoms with van der Waals surface area (Å²) in [5.74, 6) is 0.940. The van der Waals surface area contributed by atoms with Crippen molar-refractivity contribution in [2.24, 2.45) is 5.92 Å². The van der Waals surface area contributed by atoms with Crippen molar-refractivity contribution in [3.63, 3.8) is 0 Å². The number of aromatic nitrogens is 2. The number of amides is 1. The Kier molecular flexibility index (Phi) is 12.2. The summed E-state index contributed by atoms with van der Waals surface area (Å²) in [6.45, 7) is 9.30. The first-order valence-corrected chi connectivity index (χ1v) is 19.3. The van der Waals surface area contributed by atoms with Gasteiger partial charge in [0.05, 0.1) is 23.1 Å². The van der Waals surface area contributed by atoms with Crippen molar-refractivity contribution in [2.45, 2.75) is 65.5 Å². The summed E-state index contributed by atoms with van der Waals surface area (Å²) >= 11 is 1.32. The van der Waals surface area contributed by atoms with Crippen LogP contribution in [0.2, 0.25) is 0 Å². The summed E-state index contributed by atoms with van der Waals surface area (Å²) < 4.78 is 2.19. The molecule has 6 rings (SSSR count). The Balaban J connectivity index is 1.23. The van der Waals surface area contributed by atoms with Crippen molar-refractivity contribution in [3.05, 3.63) is 125 Å². The van der Waals surface area contributed by atoms with Gasteiger partial charge in [0.1, 0.15) is 5.82 Å². The van der Waals surface area contributed by atoms with Crippen molar-refractivity contribution < 1.29 is 19.5 Å². The van der Waals surface area contributed by atoms with Gasteiger partial charge in [-0.05, 0) is 91.1 Å². The van der Waals surface area contributed by atoms with E-state index in [1.807, 2.05) is 73.7 Å². The van der Waals surface area contributed by atoms with Crippen LogP contribution in [0.25, 0.3) is 22.2 Å². The maximum absolute atomic E-state index is 14.0. The lowest BCUT2D eigenvalue weighted by Crippen LogP contribution is -2.40. The van der Waals surface area contributed by atoms with E-state index < -0.39 is 5.97 Å². The number of fused-ring (bicyclic) bond motifs is 1. The minimum Gasteiger partial charge on any atom is -0.478 e. The van der Waals surface area contributed by atoms with Crippen LogP contribution in [0.3, 0.4) is 0 Å². The minimum absolute atomic E-state index is 0.144. The summed E-state index contributed by atoms with van der Waals surface area (Å²) in [5, 5.41) is 13.1. The van der Waals surface area contributed by atoms with E-state index in [1.54, 1.807) is 12.1 Å². The Labute approximate surface area is 310 Å². The van der Waals surface area contributed by atoms with Crippen LogP contribution in [0, 0.1) is 12.8 Å². The molecule has 0 bridgehead atoms. The lowest BCUT2D eigenvalue weighted by molar-refractivity contribution is -0.112. The molecule has 8 nitrogen and oxygen atoms in total. The number of nitrogens with one attached hydrogen (secondary N) is 1. The SMILES string of the molecule is CCCc1nc2c(C)cc(C(=O)N[C@@H](CSC(=O)CN3CCCC(C)C3)Cc3ccccc3)cc2n1Cc1ccc(-c2ccccc2C(=O)O)cc1. The maximum Gasteiger partial charge on any atom is 0.336 e. The predicted octanol–water partition coefficient (Wildman–Crippen LogP) is 8.04. The third kappa shape index (κ3) is 9.19. The highest BCUT2D eigenvalue weighted by molar-refractivity contribution is 8.13. The maximum atomic E-state index is 14.0. The van der Waals surface area contributed by atoms with E-state index in [2.05, 4.69) is 40.8 Å². The van der Waals surface area contributed by atoms with Gasteiger partial charge in [-0.1, -0.05) is 98.4 Å². The molecule has 1 unspecified atom stereocenters. The number of carboxylic acids is 1. The fourth-order valence-corrected chi connectivity index (χ4v) is 8.09. The van der Waals surface area contributed by atoms with E-state index in [-0.39, 0.29) is 22.6 Å². The molecule has 1 aliphatic heterocycles. The van der Waals surface area contributed by atoms with Crippen LogP contribution in [0.15, 0.2) is 91.0 Å². The van der Waals surface area contributed by atoms with Gasteiger partial charge in [0.15, 0.2) is 0 Å². The highest BCUT2D eigenvalue weighted by atomic mass is 32.2. The van der Waals surface area contributed by atoms with E-state index in [1.165, 1.54) is 18.2 Å². The number of likely N-dealkylation sites (tertiary alicyclic amines) is 1. The van der Waals surface area contributed by atoms with Crippen molar-refractivity contribution in [3.8, 4) is 11.1 Å². The first kappa shape index (κ1) is 37.0. The summed E-state index contributed by atoms with van der Waals surface area (Å²) in [5.41, 5.74) is 7.21. The first-order chi connectivity index (χ1) is 25.2. The lowest BCUT2D eigenvalue weighted by Gasteiger charge is -2.30. The highest BCUT2D eigenvalue weighted by Gasteiger charge is 2.23. The molecule has 1 fully saturated rings. The zero-order valence-corrected chi connectivity index (χ0v) is 31.1. The molecule has 1 aliphatic rings. The zero-order valence-electron chi connectivity index (χ0n) is 30.3. The molecule has 2 atom stereocenters. The normalized spacial score (nSPS) is 15.4. The predicted molar refractivity (Wildman–Crippen MR) is 210 cm³/mol. The van der Waals surface area contributed by atoms with Crippen molar-refractivity contribution >= 4 is 39.8 Å². The molecule has 52 heavy (non-hydrogen) atoms. The molecule has 5 aromatic rings. The van der Waals surface area contributed by atoms with Gasteiger partial charge in [0.2, 0.25) is 5.12 Å².